The van der Waals surface area contributed by atoms with Gasteiger partial charge in [0.2, 0.25) is 11.6 Å². The Balaban J connectivity index is 0.000000620. The highest BCUT2D eigenvalue weighted by molar-refractivity contribution is 7.99. The van der Waals surface area contributed by atoms with Crippen LogP contribution in [0.4, 0.5) is 29.9 Å². The van der Waals surface area contributed by atoms with E-state index in [0.29, 0.717) is 28.7 Å². The lowest BCUT2D eigenvalue weighted by Crippen LogP contribution is -2.25. The average Bonchev–Trinajstić information content (AvgIpc) is 3.28. The highest BCUT2D eigenvalue weighted by Gasteiger charge is 2.26. The minimum absolute atomic E-state index is 0.0875. The predicted octanol–water partition coefficient (Wildman–Crippen LogP) is 1.93. The van der Waals surface area contributed by atoms with Crippen molar-refractivity contribution in [3.8, 4) is 0 Å². The van der Waals surface area contributed by atoms with Gasteiger partial charge >= 0.3 is 18.1 Å². The molecule has 2 heterocycles. The van der Waals surface area contributed by atoms with E-state index in [1.165, 1.54) is 23.1 Å². The number of nitrogen functional groups attached to an aromatic ring is 1. The summed E-state index contributed by atoms with van der Waals surface area (Å²) in [4.78, 5) is 26.5. The number of guanidine groups is 1. The lowest BCUT2D eigenvalue weighted by molar-refractivity contribution is -0.134. The van der Waals surface area contributed by atoms with Crippen LogP contribution in [0.3, 0.4) is 0 Å². The van der Waals surface area contributed by atoms with Crippen molar-refractivity contribution >= 4 is 68.9 Å². The van der Waals surface area contributed by atoms with Gasteiger partial charge in [0, 0.05) is 32.0 Å². The van der Waals surface area contributed by atoms with Crippen molar-refractivity contribution in [1.82, 2.24) is 13.7 Å². The Hall–Kier alpha value is -3.16. The molecule has 0 aliphatic rings. The van der Waals surface area contributed by atoms with Crippen LogP contribution in [0, 0.1) is 0 Å². The molecule has 34 heavy (non-hydrogen) atoms. The molecule has 2 atom stereocenters. The van der Waals surface area contributed by atoms with Crippen LogP contribution >= 0.6 is 34.2 Å². The van der Waals surface area contributed by atoms with Crippen molar-refractivity contribution in [3.05, 3.63) is 23.2 Å². The number of thiazole rings is 1. The largest absolute Gasteiger partial charge is 0.546 e. The number of nitrogens with one attached hydrogen (secondary N) is 2. The number of nitrogens with two attached hydrogens (primary N) is 2. The zero-order chi connectivity index (χ0) is 25.9. The molecule has 13 nitrogen and oxygen atoms in total. The number of carboxylic acids is 2. The van der Waals surface area contributed by atoms with Gasteiger partial charge in [0.15, 0.2) is 22.2 Å². The van der Waals surface area contributed by atoms with Crippen LogP contribution in [0.2, 0.25) is 0 Å². The Morgan fingerprint density at radius 3 is 2.47 bits per heavy atom. The van der Waals surface area contributed by atoms with Gasteiger partial charge in [0.25, 0.3) is 0 Å². The molecule has 188 valence electrons. The van der Waals surface area contributed by atoms with Crippen molar-refractivity contribution in [1.29, 1.82) is 0 Å². The summed E-state index contributed by atoms with van der Waals surface area (Å²) in [6.07, 6.45) is -3.30. The summed E-state index contributed by atoms with van der Waals surface area (Å²) in [6.45, 7) is 0.499. The number of nitrogens with zero attached hydrogens (tertiary/aromatic N) is 4. The quantitative estimate of drug-likeness (QED) is 0.0873. The van der Waals surface area contributed by atoms with E-state index in [2.05, 4.69) is 29.4 Å². The van der Waals surface area contributed by atoms with Crippen molar-refractivity contribution in [2.45, 2.75) is 24.2 Å². The van der Waals surface area contributed by atoms with E-state index in [1.54, 1.807) is 5.38 Å². The van der Waals surface area contributed by atoms with Crippen molar-refractivity contribution in [3.63, 3.8) is 0 Å². The van der Waals surface area contributed by atoms with Gasteiger partial charge in [-0.1, -0.05) is 0 Å². The number of thioether (sulfide) groups is 1. The Morgan fingerprint density at radius 1 is 1.35 bits per heavy atom. The highest BCUT2D eigenvalue weighted by Crippen LogP contribution is 2.25. The first-order valence-corrected chi connectivity index (χ1v) is 11.7. The first-order chi connectivity index (χ1) is 15.7. The molecular weight excluding hydrogens is 525 g/mol. The predicted molar refractivity (Wildman–Crippen MR) is 122 cm³/mol. The number of rotatable bonds is 9. The van der Waals surface area contributed by atoms with Crippen molar-refractivity contribution in [2.24, 2.45) is 10.7 Å². The summed E-state index contributed by atoms with van der Waals surface area (Å²) in [7, 11) is 0. The Bertz CT molecular complexity index is 1010. The summed E-state index contributed by atoms with van der Waals surface area (Å²) in [5.41, 5.74) is 11.7. The molecule has 0 amide bonds. The maximum atomic E-state index is 12.1. The van der Waals surface area contributed by atoms with Crippen LogP contribution in [-0.4, -0.2) is 64.5 Å². The van der Waals surface area contributed by atoms with E-state index in [1.807, 2.05) is 6.92 Å². The number of halogens is 3. The summed E-state index contributed by atoms with van der Waals surface area (Å²) in [5, 5.41) is 23.1. The summed E-state index contributed by atoms with van der Waals surface area (Å²) in [6, 6.07) is 0. The number of aliphatic carboxylic acids is 2. The standard InChI is InChI=1S/C11H15F3N8OS3.C4H4O4/c1-5(18-8-7(15)21-26(23)22-8)24-2-6-3-25-10(19-6)20-9(16)17-4-11(12,13)14;5-3(6)1-2-4(7)8/h3,5H,2,4H2,1H3,(H2,15,21)(H,18,22)(H3,16,17,19,20);1-2H,(H,5,6)(H,7,8)/b;2-1-. The van der Waals surface area contributed by atoms with Crippen molar-refractivity contribution < 1.29 is 37.5 Å². The van der Waals surface area contributed by atoms with E-state index in [9.17, 15) is 27.3 Å². The maximum Gasteiger partial charge on any atom is 0.408 e. The number of anilines is 3. The number of hydrogen-bond donors (Lipinski definition) is 6. The summed E-state index contributed by atoms with van der Waals surface area (Å²) >= 11 is 0.983. The summed E-state index contributed by atoms with van der Waals surface area (Å²) in [5.74, 6) is -1.99. The fourth-order valence-corrected chi connectivity index (χ4v) is 3.90. The van der Waals surface area contributed by atoms with Gasteiger partial charge < -0.3 is 36.9 Å². The van der Waals surface area contributed by atoms with Crippen LogP contribution in [-0.2, 0) is 15.3 Å². The van der Waals surface area contributed by atoms with Crippen LogP contribution in [0.25, 0.3) is 0 Å². The van der Waals surface area contributed by atoms with Gasteiger partial charge in [-0.2, -0.15) is 13.2 Å². The lowest BCUT2D eigenvalue weighted by atomic mass is 10.5. The van der Waals surface area contributed by atoms with E-state index >= 15 is 0 Å². The molecule has 0 saturated carbocycles. The third kappa shape index (κ3) is 12.8. The fraction of sp³-hybridized carbons (Fsp3) is 0.333. The second-order valence-corrected chi connectivity index (χ2v) is 8.85. The minimum Gasteiger partial charge on any atom is -0.546 e. The van der Waals surface area contributed by atoms with E-state index in [4.69, 9.17) is 21.7 Å². The minimum atomic E-state index is -4.41. The van der Waals surface area contributed by atoms with Gasteiger partial charge in [-0.25, -0.2) is 19.6 Å². The number of alkyl halides is 3. The zero-order valence-electron chi connectivity index (χ0n) is 17.1. The van der Waals surface area contributed by atoms with E-state index in [-0.39, 0.29) is 23.0 Å². The number of hydrogen-bond acceptors (Lipinski definition) is 11. The molecule has 0 saturated heterocycles. The number of aliphatic imine (C=N–C) groups is 1. The first kappa shape index (κ1) is 28.9. The third-order valence-corrected chi connectivity index (χ3v) is 5.57. The third-order valence-electron chi connectivity index (χ3n) is 2.99. The molecule has 2 aromatic rings. The molecule has 8 N–H and O–H groups in total. The molecule has 0 aliphatic carbocycles. The molecule has 2 rings (SSSR count). The number of carbonyl (C=O) groups is 2. The highest BCUT2D eigenvalue weighted by atomic mass is 32.2. The van der Waals surface area contributed by atoms with Gasteiger partial charge in [0.1, 0.15) is 6.54 Å². The molecule has 0 bridgehead atoms. The topological polar surface area (TPSA) is 225 Å². The molecule has 2 unspecified atom stereocenters. The maximum absolute atomic E-state index is 12.1. The second-order valence-electron chi connectivity index (χ2n) is 5.84. The van der Waals surface area contributed by atoms with Gasteiger partial charge in [-0.15, -0.1) is 23.1 Å². The Labute approximate surface area is 201 Å². The Morgan fingerprint density at radius 2 is 1.97 bits per heavy atom. The Kier molecular flexibility index (Phi) is 11.5. The molecular formula is C15H19F3N8O5S3. The van der Waals surface area contributed by atoms with E-state index in [0.717, 1.165) is 0 Å². The first-order valence-electron chi connectivity index (χ1n) is 8.70. The molecule has 2 aromatic heterocycles. The van der Waals surface area contributed by atoms with E-state index < -0.39 is 35.8 Å². The molecule has 0 aliphatic heterocycles. The van der Waals surface area contributed by atoms with Gasteiger partial charge in [-0.05, 0) is 6.92 Å². The molecule has 0 fully saturated rings. The molecule has 19 heteroatoms. The number of carboxylic acid groups (broad SMARTS) is 2. The normalized spacial score (nSPS) is 13.2. The molecule has 0 aromatic carbocycles. The van der Waals surface area contributed by atoms with Gasteiger partial charge in [-0.3, -0.25) is 0 Å². The van der Waals surface area contributed by atoms with Crippen LogP contribution in [0.15, 0.2) is 22.5 Å². The summed E-state index contributed by atoms with van der Waals surface area (Å²) < 4.78 is 54.7. The molecule has 0 spiro atoms. The number of aromatic nitrogens is 3. The van der Waals surface area contributed by atoms with Crippen LogP contribution in [0.5, 0.6) is 0 Å². The van der Waals surface area contributed by atoms with Gasteiger partial charge in [0.05, 0.1) is 11.1 Å². The van der Waals surface area contributed by atoms with Crippen LogP contribution < -0.4 is 22.1 Å². The SMILES string of the molecule is CC(Nc1n[s+]([O-])nc1N)SCc1csc(N/C(N)=N\CC(F)(F)F)n1.O=C(O)/C=C\C(=O)O. The average molecular weight is 545 g/mol. The zero-order valence-corrected chi connectivity index (χ0v) is 19.6. The van der Waals surface area contributed by atoms with Crippen molar-refractivity contribution in [2.75, 3.05) is 22.9 Å². The smallest absolute Gasteiger partial charge is 0.408 e. The lowest BCUT2D eigenvalue weighted by Gasteiger charge is -2.10. The monoisotopic (exact) mass is 544 g/mol. The fourth-order valence-electron chi connectivity index (χ4n) is 1.71. The second kappa shape index (κ2) is 13.5. The molecule has 0 radical (unpaired) electrons. The van der Waals surface area contributed by atoms with Crippen LogP contribution in [0.1, 0.15) is 12.6 Å².